The number of thiazole rings is 1. The number of esters is 1. The van der Waals surface area contributed by atoms with E-state index in [1.54, 1.807) is 48.9 Å². The second kappa shape index (κ2) is 10.6. The van der Waals surface area contributed by atoms with E-state index in [0.29, 0.717) is 25.6 Å². The van der Waals surface area contributed by atoms with E-state index < -0.39 is 12.0 Å². The highest BCUT2D eigenvalue weighted by atomic mass is 35.5. The van der Waals surface area contributed by atoms with Crippen LogP contribution in [0.2, 0.25) is 5.02 Å². The maximum atomic E-state index is 13.7. The van der Waals surface area contributed by atoms with Gasteiger partial charge in [-0.25, -0.2) is 9.79 Å². The van der Waals surface area contributed by atoms with Gasteiger partial charge in [0.05, 0.1) is 35.6 Å². The summed E-state index contributed by atoms with van der Waals surface area (Å²) in [5.74, 6) is 0.198. The Balaban J connectivity index is 1.88. The number of hydrogen-bond donors (Lipinski definition) is 0. The number of carbonyl (C=O) groups excluding carboxylic acids is 1. The van der Waals surface area contributed by atoms with Gasteiger partial charge in [0, 0.05) is 12.1 Å². The van der Waals surface area contributed by atoms with E-state index in [0.717, 1.165) is 22.4 Å². The van der Waals surface area contributed by atoms with Gasteiger partial charge in [0.2, 0.25) is 0 Å². The van der Waals surface area contributed by atoms with Crippen molar-refractivity contribution >= 4 is 35.0 Å². The Kier molecular flexibility index (Phi) is 7.54. The van der Waals surface area contributed by atoms with Crippen LogP contribution in [0.1, 0.15) is 29.7 Å². The number of fused-ring (bicyclic) bond motifs is 1. The van der Waals surface area contributed by atoms with Crippen LogP contribution in [0.4, 0.5) is 0 Å². The van der Waals surface area contributed by atoms with Gasteiger partial charge < -0.3 is 14.2 Å². The molecule has 0 aliphatic carbocycles. The number of benzene rings is 2. The fourth-order valence-corrected chi connectivity index (χ4v) is 5.09. The SMILES string of the molecule is COCCOC(=O)C1=C(C)N=c2sc(=Cc3ccc(C)c(OC)c3)c(=O)n2C1c1ccc(Cl)cc1. The predicted octanol–water partition coefficient (Wildman–Crippen LogP) is 3.40. The zero-order chi connectivity index (χ0) is 25.1. The van der Waals surface area contributed by atoms with Gasteiger partial charge in [-0.3, -0.25) is 9.36 Å². The van der Waals surface area contributed by atoms with Crippen LogP contribution in [-0.2, 0) is 14.3 Å². The predicted molar refractivity (Wildman–Crippen MR) is 136 cm³/mol. The zero-order valence-electron chi connectivity index (χ0n) is 19.8. The molecule has 35 heavy (non-hydrogen) atoms. The number of rotatable bonds is 7. The monoisotopic (exact) mass is 512 g/mol. The van der Waals surface area contributed by atoms with Gasteiger partial charge in [-0.05, 0) is 54.8 Å². The third kappa shape index (κ3) is 5.10. The van der Waals surface area contributed by atoms with E-state index in [1.807, 2.05) is 25.1 Å². The molecule has 0 fully saturated rings. The van der Waals surface area contributed by atoms with Crippen LogP contribution >= 0.6 is 22.9 Å². The highest BCUT2D eigenvalue weighted by Gasteiger charge is 2.33. The van der Waals surface area contributed by atoms with Crippen LogP contribution in [-0.4, -0.2) is 38.0 Å². The summed E-state index contributed by atoms with van der Waals surface area (Å²) in [7, 11) is 3.14. The molecule has 2 aromatic carbocycles. The Hall–Kier alpha value is -3.20. The molecule has 0 radical (unpaired) electrons. The summed E-state index contributed by atoms with van der Waals surface area (Å²) in [4.78, 5) is 31.9. The molecule has 1 unspecified atom stereocenters. The van der Waals surface area contributed by atoms with E-state index in [9.17, 15) is 9.59 Å². The number of halogens is 1. The van der Waals surface area contributed by atoms with Crippen molar-refractivity contribution in [2.24, 2.45) is 4.99 Å². The fraction of sp³-hybridized carbons (Fsp3) is 0.269. The summed E-state index contributed by atoms with van der Waals surface area (Å²) in [6.45, 7) is 4.07. The van der Waals surface area contributed by atoms with Crippen molar-refractivity contribution in [1.82, 2.24) is 4.57 Å². The van der Waals surface area contributed by atoms with E-state index >= 15 is 0 Å². The van der Waals surface area contributed by atoms with Gasteiger partial charge in [0.1, 0.15) is 12.4 Å². The molecule has 0 amide bonds. The maximum Gasteiger partial charge on any atom is 0.338 e. The first-order valence-corrected chi connectivity index (χ1v) is 12.1. The second-order valence-electron chi connectivity index (χ2n) is 7.99. The lowest BCUT2D eigenvalue weighted by Gasteiger charge is -2.24. The molecule has 1 atom stereocenters. The van der Waals surface area contributed by atoms with Gasteiger partial charge in [-0.2, -0.15) is 0 Å². The smallest absolute Gasteiger partial charge is 0.338 e. The summed E-state index contributed by atoms with van der Waals surface area (Å²) in [6, 6.07) is 12.1. The molecule has 0 saturated heterocycles. The van der Waals surface area contributed by atoms with E-state index in [1.165, 1.54) is 18.4 Å². The lowest BCUT2D eigenvalue weighted by Crippen LogP contribution is -2.40. The Morgan fingerprint density at radius 2 is 1.89 bits per heavy atom. The molecule has 3 aromatic rings. The van der Waals surface area contributed by atoms with Crippen LogP contribution in [0.25, 0.3) is 6.08 Å². The molecule has 0 bridgehead atoms. The van der Waals surface area contributed by atoms with Crippen LogP contribution in [0.3, 0.4) is 0 Å². The van der Waals surface area contributed by atoms with Crippen molar-refractivity contribution in [3.63, 3.8) is 0 Å². The Morgan fingerprint density at radius 3 is 2.57 bits per heavy atom. The fourth-order valence-electron chi connectivity index (χ4n) is 3.92. The summed E-state index contributed by atoms with van der Waals surface area (Å²) in [5, 5.41) is 0.555. The van der Waals surface area contributed by atoms with Crippen molar-refractivity contribution in [3.8, 4) is 5.75 Å². The maximum absolute atomic E-state index is 13.7. The summed E-state index contributed by atoms with van der Waals surface area (Å²) in [6.07, 6.45) is 1.81. The average Bonchev–Trinajstić information content (AvgIpc) is 3.14. The number of hydrogen-bond acceptors (Lipinski definition) is 7. The van der Waals surface area contributed by atoms with Gasteiger partial charge in [0.15, 0.2) is 4.80 Å². The Morgan fingerprint density at radius 1 is 1.14 bits per heavy atom. The van der Waals surface area contributed by atoms with E-state index in [4.69, 9.17) is 25.8 Å². The second-order valence-corrected chi connectivity index (χ2v) is 9.44. The number of aryl methyl sites for hydroxylation is 1. The minimum Gasteiger partial charge on any atom is -0.496 e. The largest absolute Gasteiger partial charge is 0.496 e. The van der Waals surface area contributed by atoms with Gasteiger partial charge in [0.25, 0.3) is 5.56 Å². The first kappa shape index (κ1) is 24.9. The lowest BCUT2D eigenvalue weighted by molar-refractivity contribution is -0.140. The standard InChI is InChI=1S/C26H25ClN2O5S/c1-15-5-6-17(13-20(15)33-4)14-21-24(30)29-23(18-7-9-19(27)10-8-18)22(16(2)28-26(29)35-21)25(31)34-12-11-32-3/h5-10,13-14,23H,11-12H2,1-4H3. The lowest BCUT2D eigenvalue weighted by atomic mass is 9.96. The number of allylic oxidation sites excluding steroid dienone is 1. The minimum absolute atomic E-state index is 0.0964. The third-order valence-corrected chi connectivity index (χ3v) is 6.91. The number of methoxy groups -OCH3 is 2. The number of ether oxygens (including phenoxy) is 3. The number of carbonyl (C=O) groups is 1. The normalized spacial score (nSPS) is 15.6. The third-order valence-electron chi connectivity index (χ3n) is 5.68. The molecule has 1 aliphatic heterocycles. The molecule has 1 aliphatic rings. The van der Waals surface area contributed by atoms with Crippen molar-refractivity contribution in [1.29, 1.82) is 0 Å². The van der Waals surface area contributed by atoms with Gasteiger partial charge in [-0.1, -0.05) is 47.2 Å². The van der Waals surface area contributed by atoms with Crippen LogP contribution in [0.15, 0.2) is 63.5 Å². The molecule has 182 valence electrons. The van der Waals surface area contributed by atoms with Gasteiger partial charge in [-0.15, -0.1) is 0 Å². The Labute approximate surface area is 211 Å². The molecule has 0 saturated carbocycles. The number of aromatic nitrogens is 1. The van der Waals surface area contributed by atoms with E-state index in [2.05, 4.69) is 4.99 Å². The van der Waals surface area contributed by atoms with Crippen LogP contribution in [0.5, 0.6) is 5.75 Å². The van der Waals surface area contributed by atoms with Crippen LogP contribution < -0.4 is 19.6 Å². The molecule has 4 rings (SSSR count). The first-order chi connectivity index (χ1) is 16.8. The average molecular weight is 513 g/mol. The molecular formula is C26H25ClN2O5S. The van der Waals surface area contributed by atoms with E-state index in [-0.39, 0.29) is 18.8 Å². The van der Waals surface area contributed by atoms with Crippen LogP contribution in [0, 0.1) is 6.92 Å². The summed E-state index contributed by atoms with van der Waals surface area (Å²) in [5.41, 5.74) is 3.11. The molecule has 0 N–H and O–H groups in total. The van der Waals surface area contributed by atoms with Crippen molar-refractivity contribution in [2.45, 2.75) is 19.9 Å². The first-order valence-electron chi connectivity index (χ1n) is 10.9. The Bertz CT molecular complexity index is 1470. The van der Waals surface area contributed by atoms with Crippen molar-refractivity contribution < 1.29 is 19.0 Å². The molecule has 7 nitrogen and oxygen atoms in total. The topological polar surface area (TPSA) is 79.1 Å². The number of nitrogens with zero attached hydrogens (tertiary/aromatic N) is 2. The zero-order valence-corrected chi connectivity index (χ0v) is 21.4. The summed E-state index contributed by atoms with van der Waals surface area (Å²) < 4.78 is 17.9. The highest BCUT2D eigenvalue weighted by molar-refractivity contribution is 7.07. The quantitative estimate of drug-likeness (QED) is 0.358. The highest BCUT2D eigenvalue weighted by Crippen LogP contribution is 2.31. The van der Waals surface area contributed by atoms with Crippen molar-refractivity contribution in [3.05, 3.63) is 95.1 Å². The minimum atomic E-state index is -0.701. The molecule has 1 aromatic heterocycles. The van der Waals surface area contributed by atoms with Crippen molar-refractivity contribution in [2.75, 3.05) is 27.4 Å². The van der Waals surface area contributed by atoms with Gasteiger partial charge >= 0.3 is 5.97 Å². The molecule has 2 heterocycles. The molecule has 9 heteroatoms. The molecular weight excluding hydrogens is 488 g/mol. The summed E-state index contributed by atoms with van der Waals surface area (Å²) >= 11 is 7.38. The molecule has 0 spiro atoms.